The summed E-state index contributed by atoms with van der Waals surface area (Å²) in [5.74, 6) is 2.03. The number of benzene rings is 2. The summed E-state index contributed by atoms with van der Waals surface area (Å²) < 4.78 is 16.4. The molecule has 0 aliphatic carbocycles. The van der Waals surface area contributed by atoms with E-state index in [0.29, 0.717) is 61.6 Å². The number of likely N-dealkylation sites (tertiary alicyclic amines) is 1. The van der Waals surface area contributed by atoms with E-state index in [1.54, 1.807) is 37.4 Å². The van der Waals surface area contributed by atoms with Crippen LogP contribution in [0.15, 0.2) is 42.5 Å². The van der Waals surface area contributed by atoms with Crippen LogP contribution in [0.25, 0.3) is 0 Å². The summed E-state index contributed by atoms with van der Waals surface area (Å²) in [4.78, 5) is 27.3. The monoisotopic (exact) mass is 496 g/mol. The molecule has 0 unspecified atom stereocenters. The molecule has 0 saturated carbocycles. The molecule has 8 nitrogen and oxygen atoms in total. The maximum absolute atomic E-state index is 12.7. The number of unbranched alkanes of at least 4 members (excludes halogenated alkanes) is 2. The van der Waals surface area contributed by atoms with Crippen LogP contribution >= 0.6 is 0 Å². The Hall–Kier alpha value is -3.10. The molecule has 2 aliphatic heterocycles. The zero-order chi connectivity index (χ0) is 25.3. The molecule has 0 radical (unpaired) electrons. The largest absolute Gasteiger partial charge is 0.497 e. The van der Waals surface area contributed by atoms with E-state index in [4.69, 9.17) is 14.2 Å². The van der Waals surface area contributed by atoms with E-state index in [1.807, 2.05) is 12.1 Å². The van der Waals surface area contributed by atoms with E-state index in [-0.39, 0.29) is 11.7 Å². The quantitative estimate of drug-likeness (QED) is 0.323. The number of ketones is 1. The van der Waals surface area contributed by atoms with E-state index < -0.39 is 12.1 Å². The molecular formula is C28H36N2O6. The second-order valence-electron chi connectivity index (χ2n) is 9.39. The predicted molar refractivity (Wildman–Crippen MR) is 136 cm³/mol. The van der Waals surface area contributed by atoms with Gasteiger partial charge in [0.15, 0.2) is 17.3 Å². The first-order chi connectivity index (χ1) is 17.5. The third-order valence-corrected chi connectivity index (χ3v) is 6.76. The Kier molecular flexibility index (Phi) is 9.19. The number of ether oxygens (including phenoxy) is 3. The maximum Gasteiger partial charge on any atom is 0.220 e. The predicted octanol–water partition coefficient (Wildman–Crippen LogP) is 3.52. The fourth-order valence-corrected chi connectivity index (χ4v) is 4.49. The van der Waals surface area contributed by atoms with Gasteiger partial charge in [0.1, 0.15) is 25.1 Å². The highest BCUT2D eigenvalue weighted by atomic mass is 16.6. The van der Waals surface area contributed by atoms with Crippen LogP contribution < -0.4 is 19.5 Å². The molecule has 2 heterocycles. The molecule has 1 fully saturated rings. The molecular weight excluding hydrogens is 460 g/mol. The maximum atomic E-state index is 12.7. The number of carbonyl (C=O) groups is 2. The van der Waals surface area contributed by atoms with Crippen LogP contribution in [0.5, 0.6) is 17.2 Å². The van der Waals surface area contributed by atoms with Gasteiger partial charge in [-0.1, -0.05) is 12.5 Å². The van der Waals surface area contributed by atoms with Crippen molar-refractivity contribution in [3.8, 4) is 17.2 Å². The zero-order valence-electron chi connectivity index (χ0n) is 20.9. The number of carbonyl (C=O) groups excluding carboxylic acids is 2. The molecule has 194 valence electrons. The molecule has 36 heavy (non-hydrogen) atoms. The Balaban J connectivity index is 1.24. The number of nitrogens with zero attached hydrogens (tertiary/aromatic N) is 1. The van der Waals surface area contributed by atoms with E-state index >= 15 is 0 Å². The van der Waals surface area contributed by atoms with Crippen LogP contribution in [-0.4, -0.2) is 67.7 Å². The summed E-state index contributed by atoms with van der Waals surface area (Å²) >= 11 is 0. The molecule has 2 aromatic carbocycles. The van der Waals surface area contributed by atoms with Crippen LogP contribution in [-0.2, 0) is 4.79 Å². The number of nitrogens with one attached hydrogen (secondary N) is 1. The SMILES string of the molecule is COc1ccc(C(=O)CCCCCC(=O)N[C@H](CN2CCC2)[C@H](O)c2ccc3c(c2)OCCO3)cc1. The van der Waals surface area contributed by atoms with Crippen LogP contribution in [0.2, 0.25) is 0 Å². The summed E-state index contributed by atoms with van der Waals surface area (Å²) in [6.45, 7) is 3.53. The van der Waals surface area contributed by atoms with E-state index in [2.05, 4.69) is 10.2 Å². The third-order valence-electron chi connectivity index (χ3n) is 6.76. The standard InChI is InChI=1S/C28H36N2O6/c1-34-22-11-8-20(9-12-22)24(31)6-3-2-4-7-27(32)29-23(19-30-14-5-15-30)28(33)21-10-13-25-26(18-21)36-17-16-35-25/h8-13,18,23,28,33H,2-7,14-17,19H2,1H3,(H,29,32)/t23-,28-/m1/s1. The second kappa shape index (κ2) is 12.7. The van der Waals surface area contributed by atoms with Gasteiger partial charge in [-0.05, 0) is 74.3 Å². The Morgan fingerprint density at radius 1 is 1.00 bits per heavy atom. The highest BCUT2D eigenvalue weighted by Crippen LogP contribution is 2.33. The van der Waals surface area contributed by atoms with Crippen molar-refractivity contribution < 1.29 is 28.9 Å². The average Bonchev–Trinajstić information content (AvgIpc) is 2.89. The lowest BCUT2D eigenvalue weighted by atomic mass is 9.99. The van der Waals surface area contributed by atoms with Gasteiger partial charge >= 0.3 is 0 Å². The van der Waals surface area contributed by atoms with Gasteiger partial charge in [-0.15, -0.1) is 0 Å². The van der Waals surface area contributed by atoms with Crippen molar-refractivity contribution in [3.63, 3.8) is 0 Å². The first-order valence-electron chi connectivity index (χ1n) is 12.8. The van der Waals surface area contributed by atoms with Crippen molar-refractivity contribution in [1.82, 2.24) is 10.2 Å². The fourth-order valence-electron chi connectivity index (χ4n) is 4.49. The number of hydrogen-bond acceptors (Lipinski definition) is 7. The molecule has 0 bridgehead atoms. The van der Waals surface area contributed by atoms with E-state index in [0.717, 1.165) is 38.1 Å². The van der Waals surface area contributed by atoms with E-state index in [9.17, 15) is 14.7 Å². The van der Waals surface area contributed by atoms with Crippen molar-refractivity contribution in [2.24, 2.45) is 0 Å². The van der Waals surface area contributed by atoms with Gasteiger partial charge in [0, 0.05) is 24.9 Å². The number of aliphatic hydroxyl groups excluding tert-OH is 1. The number of methoxy groups -OCH3 is 1. The van der Waals surface area contributed by atoms with Crippen LogP contribution in [0.4, 0.5) is 0 Å². The number of fused-ring (bicyclic) bond motifs is 1. The lowest BCUT2D eigenvalue weighted by Gasteiger charge is -2.36. The molecule has 8 heteroatoms. The molecule has 2 atom stereocenters. The Morgan fingerprint density at radius 3 is 2.42 bits per heavy atom. The van der Waals surface area contributed by atoms with Gasteiger partial charge in [0.2, 0.25) is 5.91 Å². The van der Waals surface area contributed by atoms with Crippen molar-refractivity contribution in [3.05, 3.63) is 53.6 Å². The van der Waals surface area contributed by atoms with Crippen molar-refractivity contribution in [2.75, 3.05) is 40.0 Å². The van der Waals surface area contributed by atoms with Gasteiger partial charge in [0.25, 0.3) is 0 Å². The topological polar surface area (TPSA) is 97.3 Å². The minimum Gasteiger partial charge on any atom is -0.497 e. The zero-order valence-corrected chi connectivity index (χ0v) is 20.9. The van der Waals surface area contributed by atoms with Gasteiger partial charge in [-0.25, -0.2) is 0 Å². The number of Topliss-reactive ketones (excluding diaryl/α,β-unsaturated/α-hetero) is 1. The van der Waals surface area contributed by atoms with Gasteiger partial charge in [-0.3, -0.25) is 9.59 Å². The van der Waals surface area contributed by atoms with Gasteiger partial charge in [-0.2, -0.15) is 0 Å². The molecule has 1 amide bonds. The van der Waals surface area contributed by atoms with Gasteiger partial charge < -0.3 is 29.5 Å². The molecule has 2 aromatic rings. The number of hydrogen-bond donors (Lipinski definition) is 2. The minimum absolute atomic E-state index is 0.0846. The molecule has 4 rings (SSSR count). The number of amides is 1. The van der Waals surface area contributed by atoms with E-state index in [1.165, 1.54) is 0 Å². The Labute approximate surface area is 212 Å². The summed E-state index contributed by atoms with van der Waals surface area (Å²) in [7, 11) is 1.60. The molecule has 2 N–H and O–H groups in total. The number of rotatable bonds is 13. The highest BCUT2D eigenvalue weighted by Gasteiger charge is 2.28. The second-order valence-corrected chi connectivity index (χ2v) is 9.39. The lowest BCUT2D eigenvalue weighted by Crippen LogP contribution is -2.50. The minimum atomic E-state index is -0.854. The Bertz CT molecular complexity index is 1020. The number of aliphatic hydroxyl groups is 1. The molecule has 0 spiro atoms. The summed E-state index contributed by atoms with van der Waals surface area (Å²) in [5.41, 5.74) is 1.37. The average molecular weight is 497 g/mol. The van der Waals surface area contributed by atoms with Crippen molar-refractivity contribution in [1.29, 1.82) is 0 Å². The molecule has 0 aromatic heterocycles. The third kappa shape index (κ3) is 6.98. The Morgan fingerprint density at radius 2 is 1.72 bits per heavy atom. The highest BCUT2D eigenvalue weighted by molar-refractivity contribution is 5.96. The normalized spacial score (nSPS) is 16.5. The summed E-state index contributed by atoms with van der Waals surface area (Å²) in [6.07, 6.45) is 3.31. The molecule has 2 aliphatic rings. The van der Waals surface area contributed by atoms with Crippen molar-refractivity contribution in [2.45, 2.75) is 50.7 Å². The van der Waals surface area contributed by atoms with Crippen molar-refractivity contribution >= 4 is 11.7 Å². The van der Waals surface area contributed by atoms with Gasteiger partial charge in [0.05, 0.1) is 13.2 Å². The first-order valence-corrected chi connectivity index (χ1v) is 12.8. The smallest absolute Gasteiger partial charge is 0.220 e. The summed E-state index contributed by atoms with van der Waals surface area (Å²) in [6, 6.07) is 12.1. The fraction of sp³-hybridized carbons (Fsp3) is 0.500. The van der Waals surface area contributed by atoms with Crippen LogP contribution in [0, 0.1) is 0 Å². The first kappa shape index (κ1) is 26.0. The van der Waals surface area contributed by atoms with Crippen LogP contribution in [0.3, 0.4) is 0 Å². The lowest BCUT2D eigenvalue weighted by molar-refractivity contribution is -0.123. The van der Waals surface area contributed by atoms with Crippen LogP contribution in [0.1, 0.15) is 60.6 Å². The molecule has 1 saturated heterocycles. The summed E-state index contributed by atoms with van der Waals surface area (Å²) in [5, 5.41) is 14.2.